The molecule has 4 heteroatoms. The smallest absolute Gasteiger partial charge is 0.228 e. The lowest BCUT2D eigenvalue weighted by Gasteiger charge is -2.08. The minimum Gasteiger partial charge on any atom is -0.508 e. The Kier molecular flexibility index (Phi) is 3.71. The van der Waals surface area contributed by atoms with Gasteiger partial charge in [-0.05, 0) is 42.3 Å². The van der Waals surface area contributed by atoms with Crippen LogP contribution in [0.1, 0.15) is 11.1 Å². The zero-order chi connectivity index (χ0) is 13.8. The summed E-state index contributed by atoms with van der Waals surface area (Å²) in [7, 11) is 0. The van der Waals surface area contributed by atoms with Crippen LogP contribution < -0.4 is 5.32 Å². The molecule has 0 spiro atoms. The van der Waals surface area contributed by atoms with Gasteiger partial charge in [0.2, 0.25) is 5.91 Å². The molecule has 2 rings (SSSR count). The van der Waals surface area contributed by atoms with Gasteiger partial charge in [-0.1, -0.05) is 18.2 Å². The van der Waals surface area contributed by atoms with Gasteiger partial charge in [-0.2, -0.15) is 0 Å². The van der Waals surface area contributed by atoms with Crippen molar-refractivity contribution in [2.45, 2.75) is 13.3 Å². The highest BCUT2D eigenvalue weighted by Gasteiger charge is 2.07. The monoisotopic (exact) mass is 257 g/mol. The van der Waals surface area contributed by atoms with E-state index in [1.807, 2.05) is 13.0 Å². The maximum Gasteiger partial charge on any atom is 0.228 e. The van der Waals surface area contributed by atoms with E-state index in [1.54, 1.807) is 30.3 Å². The van der Waals surface area contributed by atoms with E-state index < -0.39 is 0 Å². The molecule has 19 heavy (non-hydrogen) atoms. The van der Waals surface area contributed by atoms with Crippen molar-refractivity contribution in [3.63, 3.8) is 0 Å². The number of phenolic OH excluding ortho intramolecular Hbond substituents is 2. The number of carbonyl (C=O) groups excluding carboxylic acids is 1. The Morgan fingerprint density at radius 3 is 2.63 bits per heavy atom. The third-order valence-corrected chi connectivity index (χ3v) is 2.70. The van der Waals surface area contributed by atoms with Gasteiger partial charge in [0.25, 0.3) is 0 Å². The molecule has 0 atom stereocenters. The number of benzene rings is 2. The van der Waals surface area contributed by atoms with E-state index >= 15 is 0 Å². The minimum absolute atomic E-state index is 0.0456. The van der Waals surface area contributed by atoms with Crippen LogP contribution in [0, 0.1) is 6.92 Å². The molecule has 0 aliphatic rings. The molecule has 0 unspecified atom stereocenters. The van der Waals surface area contributed by atoms with Gasteiger partial charge in [0, 0.05) is 0 Å². The summed E-state index contributed by atoms with van der Waals surface area (Å²) in [5.74, 6) is -0.0718. The summed E-state index contributed by atoms with van der Waals surface area (Å²) in [6, 6.07) is 11.6. The van der Waals surface area contributed by atoms with Crippen LogP contribution in [0.4, 0.5) is 5.69 Å². The van der Waals surface area contributed by atoms with Crippen LogP contribution in [0.25, 0.3) is 0 Å². The van der Waals surface area contributed by atoms with Gasteiger partial charge in [-0.15, -0.1) is 0 Å². The molecule has 0 aliphatic carbocycles. The third-order valence-electron chi connectivity index (χ3n) is 2.70. The highest BCUT2D eigenvalue weighted by Crippen LogP contribution is 2.24. The lowest BCUT2D eigenvalue weighted by atomic mass is 10.1. The van der Waals surface area contributed by atoms with Gasteiger partial charge < -0.3 is 15.5 Å². The number of rotatable bonds is 3. The Bertz CT molecular complexity index is 608. The number of carbonyl (C=O) groups is 1. The molecule has 0 bridgehead atoms. The lowest BCUT2D eigenvalue weighted by Crippen LogP contribution is -2.14. The maximum absolute atomic E-state index is 11.8. The number of phenols is 2. The fourth-order valence-corrected chi connectivity index (χ4v) is 1.79. The lowest BCUT2D eigenvalue weighted by molar-refractivity contribution is -0.115. The van der Waals surface area contributed by atoms with Crippen molar-refractivity contribution in [1.29, 1.82) is 0 Å². The quantitative estimate of drug-likeness (QED) is 0.740. The molecule has 0 radical (unpaired) electrons. The Hall–Kier alpha value is -2.49. The van der Waals surface area contributed by atoms with E-state index in [0.29, 0.717) is 11.3 Å². The Morgan fingerprint density at radius 1 is 1.16 bits per heavy atom. The normalized spacial score (nSPS) is 10.2. The first-order valence-corrected chi connectivity index (χ1v) is 5.92. The Morgan fingerprint density at radius 2 is 1.95 bits per heavy atom. The van der Waals surface area contributed by atoms with Crippen LogP contribution in [0.3, 0.4) is 0 Å². The van der Waals surface area contributed by atoms with Crippen LogP contribution in [0.15, 0.2) is 42.5 Å². The van der Waals surface area contributed by atoms with Gasteiger partial charge in [0.1, 0.15) is 11.5 Å². The number of anilines is 1. The van der Waals surface area contributed by atoms with E-state index in [9.17, 15) is 15.0 Å². The van der Waals surface area contributed by atoms with Gasteiger partial charge >= 0.3 is 0 Å². The molecular formula is C15H15NO3. The molecule has 3 N–H and O–H groups in total. The molecule has 98 valence electrons. The predicted molar refractivity (Wildman–Crippen MR) is 73.3 cm³/mol. The number of amides is 1. The zero-order valence-corrected chi connectivity index (χ0v) is 10.6. The van der Waals surface area contributed by atoms with E-state index in [2.05, 4.69) is 5.32 Å². The third kappa shape index (κ3) is 3.48. The molecule has 1 amide bonds. The first-order chi connectivity index (χ1) is 9.04. The molecule has 2 aromatic carbocycles. The maximum atomic E-state index is 11.8. The van der Waals surface area contributed by atoms with Gasteiger partial charge in [0.05, 0.1) is 12.1 Å². The number of hydrogen-bond donors (Lipinski definition) is 3. The average Bonchev–Trinajstić information content (AvgIpc) is 2.33. The molecule has 0 aromatic heterocycles. The molecule has 2 aromatic rings. The van der Waals surface area contributed by atoms with E-state index in [4.69, 9.17) is 0 Å². The van der Waals surface area contributed by atoms with E-state index in [1.165, 1.54) is 6.07 Å². The summed E-state index contributed by atoms with van der Waals surface area (Å²) in [6.07, 6.45) is 0.141. The van der Waals surface area contributed by atoms with Gasteiger partial charge in [-0.25, -0.2) is 0 Å². The highest BCUT2D eigenvalue weighted by atomic mass is 16.3. The number of nitrogens with one attached hydrogen (secondary N) is 1. The van der Waals surface area contributed by atoms with Crippen molar-refractivity contribution in [2.75, 3.05) is 5.32 Å². The average molecular weight is 257 g/mol. The second-order valence-electron chi connectivity index (χ2n) is 4.42. The molecule has 0 aliphatic heterocycles. The van der Waals surface area contributed by atoms with Crippen molar-refractivity contribution in [2.24, 2.45) is 0 Å². The summed E-state index contributed by atoms with van der Waals surface area (Å²) in [5.41, 5.74) is 2.02. The van der Waals surface area contributed by atoms with Crippen LogP contribution in [-0.4, -0.2) is 16.1 Å². The fraction of sp³-hybridized carbons (Fsp3) is 0.133. The first kappa shape index (κ1) is 13.0. The predicted octanol–water partition coefficient (Wildman–Crippen LogP) is 2.59. The van der Waals surface area contributed by atoms with Crippen molar-refractivity contribution in [1.82, 2.24) is 0 Å². The Balaban J connectivity index is 2.05. The second-order valence-corrected chi connectivity index (χ2v) is 4.42. The first-order valence-electron chi connectivity index (χ1n) is 5.92. The minimum atomic E-state index is -0.246. The standard InChI is InChI=1S/C15H15NO3/c1-10-5-6-13(14(18)7-10)16-15(19)9-11-3-2-4-12(17)8-11/h2-8,17-18H,9H2,1H3,(H,16,19). The number of hydrogen-bond acceptors (Lipinski definition) is 3. The van der Waals surface area contributed by atoms with Crippen molar-refractivity contribution in [3.8, 4) is 11.5 Å². The molecule has 0 saturated carbocycles. The second kappa shape index (κ2) is 5.44. The van der Waals surface area contributed by atoms with Crippen LogP contribution >= 0.6 is 0 Å². The van der Waals surface area contributed by atoms with Crippen LogP contribution in [0.5, 0.6) is 11.5 Å². The van der Waals surface area contributed by atoms with Crippen molar-refractivity contribution in [3.05, 3.63) is 53.6 Å². The largest absolute Gasteiger partial charge is 0.508 e. The summed E-state index contributed by atoms with van der Waals surface area (Å²) >= 11 is 0. The Labute approximate surface area is 111 Å². The number of aryl methyl sites for hydroxylation is 1. The summed E-state index contributed by atoms with van der Waals surface area (Å²) in [6.45, 7) is 1.86. The molecule has 0 heterocycles. The fourth-order valence-electron chi connectivity index (χ4n) is 1.79. The van der Waals surface area contributed by atoms with Crippen molar-refractivity contribution >= 4 is 11.6 Å². The molecular weight excluding hydrogens is 242 g/mol. The molecule has 0 saturated heterocycles. The molecule has 4 nitrogen and oxygen atoms in total. The van der Waals surface area contributed by atoms with Gasteiger partial charge in [-0.3, -0.25) is 4.79 Å². The van der Waals surface area contributed by atoms with E-state index in [0.717, 1.165) is 5.56 Å². The topological polar surface area (TPSA) is 69.6 Å². The number of aromatic hydroxyl groups is 2. The van der Waals surface area contributed by atoms with Crippen molar-refractivity contribution < 1.29 is 15.0 Å². The summed E-state index contributed by atoms with van der Waals surface area (Å²) in [4.78, 5) is 11.8. The van der Waals surface area contributed by atoms with Crippen LogP contribution in [-0.2, 0) is 11.2 Å². The molecule has 0 fully saturated rings. The zero-order valence-electron chi connectivity index (χ0n) is 10.6. The van der Waals surface area contributed by atoms with Crippen LogP contribution in [0.2, 0.25) is 0 Å². The summed E-state index contributed by atoms with van der Waals surface area (Å²) in [5, 5.41) is 21.6. The SMILES string of the molecule is Cc1ccc(NC(=O)Cc2cccc(O)c2)c(O)c1. The van der Waals surface area contributed by atoms with E-state index in [-0.39, 0.29) is 23.8 Å². The van der Waals surface area contributed by atoms with Gasteiger partial charge in [0.15, 0.2) is 0 Å². The highest BCUT2D eigenvalue weighted by molar-refractivity contribution is 5.93. The summed E-state index contributed by atoms with van der Waals surface area (Å²) < 4.78 is 0.